The maximum Gasteiger partial charge on any atom is 0.322 e. The molecule has 33 heavy (non-hydrogen) atoms. The van der Waals surface area contributed by atoms with Gasteiger partial charge in [0.1, 0.15) is 0 Å². The molecule has 1 aliphatic carbocycles. The Kier molecular flexibility index (Phi) is 9.12. The van der Waals surface area contributed by atoms with Crippen LogP contribution in [0.25, 0.3) is 0 Å². The summed E-state index contributed by atoms with van der Waals surface area (Å²) in [7, 11) is 0. The zero-order valence-electron chi connectivity index (χ0n) is 21.1. The molecule has 0 bridgehead atoms. The standard InChI is InChI=1S/C27H42N2O4/c1-7-15-27(23(19(3)4)18-29(25(32)28-27)17-14-24(30)31)22-11-9-20(8-2)21(10-12-22)13-16-26(5,6)33/h9-12,18-19,22,33H,7-8,13-17H2,1-6H3,(H,28,32)(H,30,31)/t22-,27?/m1/s1. The summed E-state index contributed by atoms with van der Waals surface area (Å²) in [6.07, 6.45) is 14.6. The summed E-state index contributed by atoms with van der Waals surface area (Å²) in [6.45, 7) is 12.3. The van der Waals surface area contributed by atoms with Crippen LogP contribution in [0.15, 0.2) is 47.2 Å². The van der Waals surface area contributed by atoms with Crippen molar-refractivity contribution in [3.05, 3.63) is 47.2 Å². The molecule has 0 aromatic rings. The maximum atomic E-state index is 13.1. The Morgan fingerprint density at radius 1 is 1.21 bits per heavy atom. The van der Waals surface area contributed by atoms with Crippen molar-refractivity contribution in [2.24, 2.45) is 11.8 Å². The van der Waals surface area contributed by atoms with Crippen LogP contribution in [0.2, 0.25) is 0 Å². The largest absolute Gasteiger partial charge is 0.481 e. The highest BCUT2D eigenvalue weighted by Crippen LogP contribution is 2.41. The molecule has 0 aromatic carbocycles. The molecule has 2 amide bonds. The number of nitrogens with zero attached hydrogens (tertiary/aromatic N) is 1. The Bertz CT molecular complexity index is 845. The molecule has 0 aromatic heterocycles. The van der Waals surface area contributed by atoms with Crippen molar-refractivity contribution in [2.75, 3.05) is 6.54 Å². The van der Waals surface area contributed by atoms with Crippen LogP contribution in [0.1, 0.15) is 80.1 Å². The highest BCUT2D eigenvalue weighted by molar-refractivity contribution is 5.80. The number of amides is 2. The lowest BCUT2D eigenvalue weighted by molar-refractivity contribution is -0.137. The van der Waals surface area contributed by atoms with Crippen molar-refractivity contribution in [2.45, 2.75) is 91.2 Å². The molecule has 2 rings (SSSR count). The molecule has 6 heteroatoms. The van der Waals surface area contributed by atoms with Gasteiger partial charge < -0.3 is 20.4 Å². The van der Waals surface area contributed by atoms with Crippen molar-refractivity contribution in [3.63, 3.8) is 0 Å². The summed E-state index contributed by atoms with van der Waals surface area (Å²) in [5.74, 6) is -0.764. The van der Waals surface area contributed by atoms with Gasteiger partial charge in [0.25, 0.3) is 0 Å². The van der Waals surface area contributed by atoms with Crippen LogP contribution >= 0.6 is 0 Å². The minimum Gasteiger partial charge on any atom is -0.481 e. The molecule has 1 aliphatic heterocycles. The summed E-state index contributed by atoms with van der Waals surface area (Å²) in [5, 5.41) is 22.6. The van der Waals surface area contributed by atoms with Crippen LogP contribution in [0.5, 0.6) is 0 Å². The number of urea groups is 1. The first-order chi connectivity index (χ1) is 15.4. The molecule has 1 unspecified atom stereocenters. The van der Waals surface area contributed by atoms with E-state index < -0.39 is 17.1 Å². The molecule has 1 heterocycles. The van der Waals surface area contributed by atoms with E-state index in [1.807, 2.05) is 20.0 Å². The number of hydrogen-bond donors (Lipinski definition) is 3. The van der Waals surface area contributed by atoms with Crippen molar-refractivity contribution < 1.29 is 19.8 Å². The fraction of sp³-hybridized carbons (Fsp3) is 0.630. The van der Waals surface area contributed by atoms with Gasteiger partial charge in [-0.1, -0.05) is 58.4 Å². The summed E-state index contributed by atoms with van der Waals surface area (Å²) in [6, 6.07) is -0.244. The first kappa shape index (κ1) is 26.9. The Hall–Kier alpha value is -2.34. The Labute approximate surface area is 199 Å². The van der Waals surface area contributed by atoms with E-state index >= 15 is 0 Å². The predicted octanol–water partition coefficient (Wildman–Crippen LogP) is 5.57. The number of aliphatic carboxylic acids is 1. The lowest BCUT2D eigenvalue weighted by Gasteiger charge is -2.47. The number of rotatable bonds is 11. The fourth-order valence-electron chi connectivity index (χ4n) is 4.84. The van der Waals surface area contributed by atoms with Gasteiger partial charge in [0.15, 0.2) is 0 Å². The number of aliphatic hydroxyl groups is 1. The third-order valence-electron chi connectivity index (χ3n) is 6.61. The van der Waals surface area contributed by atoms with E-state index in [4.69, 9.17) is 5.11 Å². The predicted molar refractivity (Wildman–Crippen MR) is 133 cm³/mol. The first-order valence-electron chi connectivity index (χ1n) is 12.3. The Morgan fingerprint density at radius 3 is 2.36 bits per heavy atom. The van der Waals surface area contributed by atoms with E-state index in [0.29, 0.717) is 6.42 Å². The van der Waals surface area contributed by atoms with E-state index in [0.717, 1.165) is 31.3 Å². The van der Waals surface area contributed by atoms with Gasteiger partial charge in [-0.15, -0.1) is 0 Å². The number of allylic oxidation sites excluding steroid dienone is 4. The van der Waals surface area contributed by atoms with E-state index in [-0.39, 0.29) is 30.8 Å². The van der Waals surface area contributed by atoms with Crippen molar-refractivity contribution in [1.82, 2.24) is 10.2 Å². The Balaban J connectivity index is 2.46. The molecule has 2 atom stereocenters. The van der Waals surface area contributed by atoms with Crippen LogP contribution < -0.4 is 5.32 Å². The summed E-state index contributed by atoms with van der Waals surface area (Å²) in [4.78, 5) is 25.7. The van der Waals surface area contributed by atoms with Gasteiger partial charge in [-0.25, -0.2) is 4.79 Å². The third kappa shape index (κ3) is 6.83. The molecule has 0 fully saturated rings. The maximum absolute atomic E-state index is 13.1. The second-order valence-corrected chi connectivity index (χ2v) is 10.2. The second-order valence-electron chi connectivity index (χ2n) is 10.2. The number of carboxylic acid groups (broad SMARTS) is 1. The van der Waals surface area contributed by atoms with Gasteiger partial charge >= 0.3 is 12.0 Å². The molecule has 6 nitrogen and oxygen atoms in total. The number of carbonyl (C=O) groups is 2. The van der Waals surface area contributed by atoms with Gasteiger partial charge in [-0.3, -0.25) is 4.79 Å². The lowest BCUT2D eigenvalue weighted by Crippen LogP contribution is -2.61. The smallest absolute Gasteiger partial charge is 0.322 e. The normalized spacial score (nSPS) is 23.6. The van der Waals surface area contributed by atoms with E-state index in [1.165, 1.54) is 16.0 Å². The van der Waals surface area contributed by atoms with Crippen LogP contribution in [-0.4, -0.2) is 44.8 Å². The summed E-state index contributed by atoms with van der Waals surface area (Å²) in [5.41, 5.74) is 2.32. The van der Waals surface area contributed by atoms with Gasteiger partial charge in [-0.2, -0.15) is 0 Å². The van der Waals surface area contributed by atoms with Crippen LogP contribution in [-0.2, 0) is 4.79 Å². The molecule has 0 saturated carbocycles. The number of carboxylic acids is 1. The van der Waals surface area contributed by atoms with Gasteiger partial charge in [0.05, 0.1) is 17.6 Å². The minimum atomic E-state index is -0.918. The van der Waals surface area contributed by atoms with Crippen molar-refractivity contribution in [1.29, 1.82) is 0 Å². The second kappa shape index (κ2) is 11.2. The van der Waals surface area contributed by atoms with Crippen LogP contribution in [0, 0.1) is 11.8 Å². The molecular formula is C27H42N2O4. The topological polar surface area (TPSA) is 89.9 Å². The zero-order valence-corrected chi connectivity index (χ0v) is 21.1. The lowest BCUT2D eigenvalue weighted by atomic mass is 9.70. The molecule has 0 radical (unpaired) electrons. The summed E-state index contributed by atoms with van der Waals surface area (Å²) < 4.78 is 0. The van der Waals surface area contributed by atoms with Crippen molar-refractivity contribution in [3.8, 4) is 0 Å². The molecule has 2 aliphatic rings. The van der Waals surface area contributed by atoms with Crippen LogP contribution in [0.3, 0.4) is 0 Å². The average Bonchev–Trinajstić information content (AvgIpc) is 2.93. The molecule has 3 N–H and O–H groups in total. The van der Waals surface area contributed by atoms with Gasteiger partial charge in [0.2, 0.25) is 0 Å². The van der Waals surface area contributed by atoms with E-state index in [1.54, 1.807) is 0 Å². The highest BCUT2D eigenvalue weighted by Gasteiger charge is 2.45. The quantitative estimate of drug-likeness (QED) is 0.378. The monoisotopic (exact) mass is 458 g/mol. The van der Waals surface area contributed by atoms with Crippen LogP contribution in [0.4, 0.5) is 4.79 Å². The number of carbonyl (C=O) groups excluding carboxylic acids is 1. The Morgan fingerprint density at radius 2 is 1.85 bits per heavy atom. The van der Waals surface area contributed by atoms with Crippen molar-refractivity contribution >= 4 is 12.0 Å². The SMILES string of the molecule is CCCC1([C@@H]2C=CC(CC)=C(CCC(C)(C)O)C=C2)NC(=O)N(CCC(=O)O)C=C1C(C)C. The van der Waals surface area contributed by atoms with Gasteiger partial charge in [0, 0.05) is 18.7 Å². The van der Waals surface area contributed by atoms with E-state index in [9.17, 15) is 14.7 Å². The third-order valence-corrected chi connectivity index (χ3v) is 6.61. The van der Waals surface area contributed by atoms with Gasteiger partial charge in [-0.05, 0) is 62.2 Å². The minimum absolute atomic E-state index is 0.0298. The molecule has 0 spiro atoms. The molecule has 184 valence electrons. The number of nitrogens with one attached hydrogen (secondary N) is 1. The average molecular weight is 459 g/mol. The van der Waals surface area contributed by atoms with E-state index in [2.05, 4.69) is 57.3 Å². The first-order valence-corrected chi connectivity index (χ1v) is 12.3. The zero-order chi connectivity index (χ0) is 24.8. The summed E-state index contributed by atoms with van der Waals surface area (Å²) >= 11 is 0. The fourth-order valence-corrected chi connectivity index (χ4v) is 4.84. The molecular weight excluding hydrogens is 416 g/mol. The number of hydrogen-bond acceptors (Lipinski definition) is 3. The highest BCUT2D eigenvalue weighted by atomic mass is 16.4. The molecule has 0 saturated heterocycles.